The lowest BCUT2D eigenvalue weighted by Crippen LogP contribution is -2.27. The van der Waals surface area contributed by atoms with E-state index in [2.05, 4.69) is 37.3 Å². The fourth-order valence-corrected chi connectivity index (χ4v) is 3.95. The lowest BCUT2D eigenvalue weighted by molar-refractivity contribution is -0.114. The molecule has 0 bridgehead atoms. The van der Waals surface area contributed by atoms with E-state index in [4.69, 9.17) is 0 Å². The van der Waals surface area contributed by atoms with Crippen LogP contribution >= 0.6 is 0 Å². The van der Waals surface area contributed by atoms with Gasteiger partial charge < -0.3 is 0 Å². The number of amides is 1. The van der Waals surface area contributed by atoms with Crippen LogP contribution in [0.15, 0.2) is 97.1 Å². The molecule has 3 aromatic rings. The normalized spacial score (nSPS) is 13.2. The average Bonchev–Trinajstić information content (AvgIpc) is 2.76. The minimum Gasteiger partial charge on any atom is -0.269 e. The Labute approximate surface area is 184 Å². The Bertz CT molecular complexity index is 1180. The Morgan fingerprint density at radius 2 is 1.39 bits per heavy atom. The summed E-state index contributed by atoms with van der Waals surface area (Å²) in [5.74, 6) is -0.616. The first-order valence-corrected chi connectivity index (χ1v) is 11.8. The molecule has 1 unspecified atom stereocenters. The van der Waals surface area contributed by atoms with Gasteiger partial charge in [0.25, 0.3) is 5.91 Å². The molecule has 1 atom stereocenters. The van der Waals surface area contributed by atoms with Crippen LogP contribution in [0.1, 0.15) is 35.1 Å². The van der Waals surface area contributed by atoms with Crippen molar-refractivity contribution in [1.29, 1.82) is 0 Å². The molecule has 31 heavy (non-hydrogen) atoms. The quantitative estimate of drug-likeness (QED) is 0.535. The van der Waals surface area contributed by atoms with Crippen LogP contribution in [-0.4, -0.2) is 20.6 Å². The maximum atomic E-state index is 11.7. The Balaban J connectivity index is 1.93. The second-order valence-corrected chi connectivity index (χ2v) is 8.94. The van der Waals surface area contributed by atoms with Gasteiger partial charge in [-0.1, -0.05) is 91.0 Å². The van der Waals surface area contributed by atoms with Gasteiger partial charge in [0.05, 0.1) is 6.26 Å². The number of rotatable bonds is 7. The molecule has 0 aliphatic heterocycles. The van der Waals surface area contributed by atoms with Crippen LogP contribution in [0.5, 0.6) is 0 Å². The molecule has 0 saturated heterocycles. The van der Waals surface area contributed by atoms with Gasteiger partial charge >= 0.3 is 0 Å². The summed E-state index contributed by atoms with van der Waals surface area (Å²) in [7, 11) is -3.57. The second kappa shape index (κ2) is 10.0. The molecule has 0 spiro atoms. The molecular formula is C26H25NO3S. The van der Waals surface area contributed by atoms with Crippen LogP contribution in [0.25, 0.3) is 11.6 Å². The van der Waals surface area contributed by atoms with Crippen molar-refractivity contribution in [2.45, 2.75) is 12.8 Å². The molecule has 0 saturated carbocycles. The molecule has 0 radical (unpaired) electrons. The van der Waals surface area contributed by atoms with Crippen molar-refractivity contribution in [1.82, 2.24) is 4.72 Å². The van der Waals surface area contributed by atoms with Crippen molar-refractivity contribution < 1.29 is 13.2 Å². The SMILES string of the molecule is CC=C(c1ccccc1)C(c1ccccc1)c1ccc(C=CC(=O)NS(C)(=O)=O)cc1. The minimum absolute atomic E-state index is 0.0557. The highest BCUT2D eigenvalue weighted by atomic mass is 32.2. The van der Waals surface area contributed by atoms with Crippen LogP contribution in [0.2, 0.25) is 0 Å². The highest BCUT2D eigenvalue weighted by Crippen LogP contribution is 2.37. The summed E-state index contributed by atoms with van der Waals surface area (Å²) < 4.78 is 24.2. The molecular weight excluding hydrogens is 406 g/mol. The van der Waals surface area contributed by atoms with Crippen LogP contribution < -0.4 is 4.72 Å². The zero-order chi connectivity index (χ0) is 22.3. The van der Waals surface area contributed by atoms with Crippen molar-refractivity contribution in [3.05, 3.63) is 119 Å². The third kappa shape index (κ3) is 6.27. The molecule has 158 valence electrons. The minimum atomic E-state index is -3.57. The van der Waals surface area contributed by atoms with Gasteiger partial charge in [0.1, 0.15) is 0 Å². The monoisotopic (exact) mass is 431 g/mol. The Morgan fingerprint density at radius 3 is 1.94 bits per heavy atom. The molecule has 1 N–H and O–H groups in total. The molecule has 0 fully saturated rings. The Kier molecular flexibility index (Phi) is 7.21. The molecule has 0 aliphatic rings. The predicted octanol–water partition coefficient (Wildman–Crippen LogP) is 5.01. The summed E-state index contributed by atoms with van der Waals surface area (Å²) >= 11 is 0. The third-order valence-electron chi connectivity index (χ3n) is 4.84. The predicted molar refractivity (Wildman–Crippen MR) is 127 cm³/mol. The lowest BCUT2D eigenvalue weighted by Gasteiger charge is -2.22. The van der Waals surface area contributed by atoms with Crippen LogP contribution in [0.4, 0.5) is 0 Å². The first-order chi connectivity index (χ1) is 14.9. The molecule has 4 nitrogen and oxygen atoms in total. The van der Waals surface area contributed by atoms with E-state index in [1.165, 1.54) is 22.8 Å². The maximum absolute atomic E-state index is 11.7. The van der Waals surface area contributed by atoms with E-state index >= 15 is 0 Å². The van der Waals surface area contributed by atoms with Crippen molar-refractivity contribution in [3.63, 3.8) is 0 Å². The highest BCUT2D eigenvalue weighted by molar-refractivity contribution is 7.89. The maximum Gasteiger partial charge on any atom is 0.257 e. The van der Waals surface area contributed by atoms with Gasteiger partial charge in [-0.2, -0.15) is 0 Å². The number of hydrogen-bond donors (Lipinski definition) is 1. The molecule has 0 aromatic heterocycles. The van der Waals surface area contributed by atoms with Gasteiger partial charge in [-0.05, 0) is 40.8 Å². The standard InChI is InChI=1S/C26H25NO3S/c1-3-24(21-10-6-4-7-11-21)26(22-12-8-5-9-13-22)23-17-14-20(15-18-23)16-19-25(28)27-31(2,29)30/h3-19,26H,1-2H3,(H,27,28). The molecule has 0 aliphatic carbocycles. The van der Waals surface area contributed by atoms with Crippen LogP contribution in [0, 0.1) is 0 Å². The van der Waals surface area contributed by atoms with E-state index in [0.29, 0.717) is 0 Å². The van der Waals surface area contributed by atoms with E-state index in [9.17, 15) is 13.2 Å². The van der Waals surface area contributed by atoms with E-state index < -0.39 is 15.9 Å². The van der Waals surface area contributed by atoms with E-state index in [-0.39, 0.29) is 5.92 Å². The summed E-state index contributed by atoms with van der Waals surface area (Å²) in [6.45, 7) is 2.05. The summed E-state index contributed by atoms with van der Waals surface area (Å²) in [5, 5.41) is 0. The number of nitrogens with one attached hydrogen (secondary N) is 1. The van der Waals surface area contributed by atoms with Gasteiger partial charge in [-0.25, -0.2) is 13.1 Å². The van der Waals surface area contributed by atoms with Crippen molar-refractivity contribution in [2.75, 3.05) is 6.26 Å². The zero-order valence-corrected chi connectivity index (χ0v) is 18.3. The fraction of sp³-hybridized carbons (Fsp3) is 0.115. The molecule has 1 amide bonds. The molecule has 3 rings (SSSR count). The number of carbonyl (C=O) groups is 1. The first-order valence-electron chi connectivity index (χ1n) is 9.94. The number of allylic oxidation sites excluding steroid dienone is 2. The molecule has 5 heteroatoms. The number of hydrogen-bond acceptors (Lipinski definition) is 3. The topological polar surface area (TPSA) is 63.2 Å². The zero-order valence-electron chi connectivity index (χ0n) is 17.5. The van der Waals surface area contributed by atoms with Crippen molar-refractivity contribution >= 4 is 27.6 Å². The first kappa shape index (κ1) is 22.2. The van der Waals surface area contributed by atoms with Gasteiger partial charge in [0, 0.05) is 12.0 Å². The number of carbonyl (C=O) groups excluding carboxylic acids is 1. The van der Waals surface area contributed by atoms with Gasteiger partial charge in [-0.15, -0.1) is 0 Å². The van der Waals surface area contributed by atoms with E-state index in [1.54, 1.807) is 6.08 Å². The fourth-order valence-electron chi connectivity index (χ4n) is 3.52. The van der Waals surface area contributed by atoms with Crippen molar-refractivity contribution in [3.8, 4) is 0 Å². The summed E-state index contributed by atoms with van der Waals surface area (Å²) in [6, 6.07) is 28.6. The summed E-state index contributed by atoms with van der Waals surface area (Å²) in [5.41, 5.74) is 5.50. The molecule has 3 aromatic carbocycles. The number of sulfonamides is 1. The molecule has 0 heterocycles. The van der Waals surface area contributed by atoms with Gasteiger partial charge in [0.2, 0.25) is 10.0 Å². The average molecular weight is 432 g/mol. The highest BCUT2D eigenvalue weighted by Gasteiger charge is 2.19. The third-order valence-corrected chi connectivity index (χ3v) is 5.42. The van der Waals surface area contributed by atoms with Gasteiger partial charge in [0.15, 0.2) is 0 Å². The Morgan fingerprint density at radius 1 is 0.839 bits per heavy atom. The van der Waals surface area contributed by atoms with Crippen LogP contribution in [-0.2, 0) is 14.8 Å². The van der Waals surface area contributed by atoms with E-state index in [1.807, 2.05) is 65.4 Å². The largest absolute Gasteiger partial charge is 0.269 e. The lowest BCUT2D eigenvalue weighted by atomic mass is 9.81. The summed E-state index contributed by atoms with van der Waals surface area (Å²) in [4.78, 5) is 11.7. The van der Waals surface area contributed by atoms with Crippen molar-refractivity contribution in [2.24, 2.45) is 0 Å². The Hall–Kier alpha value is -3.44. The summed E-state index contributed by atoms with van der Waals surface area (Å²) in [6.07, 6.45) is 5.90. The second-order valence-electron chi connectivity index (χ2n) is 7.19. The van der Waals surface area contributed by atoms with E-state index in [0.717, 1.165) is 17.4 Å². The van der Waals surface area contributed by atoms with Gasteiger partial charge in [-0.3, -0.25) is 4.79 Å². The smallest absolute Gasteiger partial charge is 0.257 e. The number of benzene rings is 3. The van der Waals surface area contributed by atoms with Crippen LogP contribution in [0.3, 0.4) is 0 Å².